The maximum atomic E-state index is 13.6. The van der Waals surface area contributed by atoms with Crippen LogP contribution in [0.15, 0.2) is 18.5 Å². The van der Waals surface area contributed by atoms with Gasteiger partial charge in [0.1, 0.15) is 6.54 Å². The summed E-state index contributed by atoms with van der Waals surface area (Å²) in [7, 11) is -3.11. The highest BCUT2D eigenvalue weighted by atomic mass is 32.2. The number of rotatable bonds is 4. The summed E-state index contributed by atoms with van der Waals surface area (Å²) in [5.41, 5.74) is 0.616. The van der Waals surface area contributed by atoms with Crippen molar-refractivity contribution in [3.05, 3.63) is 30.1 Å². The lowest BCUT2D eigenvalue weighted by Gasteiger charge is -2.34. The number of imidazole rings is 1. The number of sulfone groups is 1. The monoisotopic (exact) mass is 397 g/mol. The second kappa shape index (κ2) is 6.85. The molecule has 4 rings (SSSR count). The van der Waals surface area contributed by atoms with Gasteiger partial charge in [0.2, 0.25) is 5.91 Å². The van der Waals surface area contributed by atoms with Gasteiger partial charge in [0.15, 0.2) is 21.5 Å². The van der Waals surface area contributed by atoms with Crippen LogP contribution in [0, 0.1) is 11.6 Å². The predicted molar refractivity (Wildman–Crippen MR) is 95.8 cm³/mol. The summed E-state index contributed by atoms with van der Waals surface area (Å²) in [6, 6.07) is 1.77. The molecule has 1 aromatic carbocycles. The number of carbonyl (C=O) groups excluding carboxylic acids is 1. The average molecular weight is 397 g/mol. The number of fused-ring (bicyclic) bond motifs is 1. The Balaban J connectivity index is 1.61. The second-order valence-corrected chi connectivity index (χ2v) is 9.65. The second-order valence-electron chi connectivity index (χ2n) is 7.42. The molecule has 2 aliphatic rings. The smallest absolute Gasteiger partial charge is 0.243 e. The molecule has 6 nitrogen and oxygen atoms in total. The van der Waals surface area contributed by atoms with E-state index in [0.717, 1.165) is 37.8 Å². The first-order valence-corrected chi connectivity index (χ1v) is 11.0. The molecule has 0 radical (unpaired) electrons. The Morgan fingerprint density at radius 1 is 1.15 bits per heavy atom. The zero-order valence-corrected chi connectivity index (χ0v) is 15.6. The molecule has 1 atom stereocenters. The fourth-order valence-corrected chi connectivity index (χ4v) is 6.00. The van der Waals surface area contributed by atoms with E-state index in [1.807, 2.05) is 0 Å². The number of carbonyl (C=O) groups is 1. The van der Waals surface area contributed by atoms with E-state index < -0.39 is 21.5 Å². The van der Waals surface area contributed by atoms with E-state index in [-0.39, 0.29) is 41.6 Å². The van der Waals surface area contributed by atoms with Crippen molar-refractivity contribution in [1.82, 2.24) is 14.5 Å². The fraction of sp³-hybridized carbons (Fsp3) is 0.556. The van der Waals surface area contributed by atoms with E-state index in [1.54, 1.807) is 4.90 Å². The third-order valence-corrected chi connectivity index (χ3v) is 7.33. The molecule has 1 aromatic heterocycles. The van der Waals surface area contributed by atoms with Crippen LogP contribution in [-0.4, -0.2) is 52.4 Å². The summed E-state index contributed by atoms with van der Waals surface area (Å²) in [6.45, 7) is -0.0748. The van der Waals surface area contributed by atoms with Crippen LogP contribution in [0.3, 0.4) is 0 Å². The van der Waals surface area contributed by atoms with Crippen molar-refractivity contribution in [3.63, 3.8) is 0 Å². The topological polar surface area (TPSA) is 72.3 Å². The van der Waals surface area contributed by atoms with Gasteiger partial charge in [-0.05, 0) is 19.3 Å². The molecule has 0 unspecified atom stereocenters. The Labute approximate surface area is 156 Å². The van der Waals surface area contributed by atoms with Crippen LogP contribution in [0.4, 0.5) is 8.78 Å². The van der Waals surface area contributed by atoms with Crippen molar-refractivity contribution in [1.29, 1.82) is 0 Å². The molecule has 1 saturated carbocycles. The maximum absolute atomic E-state index is 13.6. The van der Waals surface area contributed by atoms with E-state index in [0.29, 0.717) is 11.9 Å². The van der Waals surface area contributed by atoms with Gasteiger partial charge in [-0.1, -0.05) is 12.8 Å². The lowest BCUT2D eigenvalue weighted by Crippen LogP contribution is -2.48. The quantitative estimate of drug-likeness (QED) is 0.794. The van der Waals surface area contributed by atoms with Crippen molar-refractivity contribution in [2.24, 2.45) is 0 Å². The van der Waals surface area contributed by atoms with Gasteiger partial charge < -0.3 is 9.47 Å². The van der Waals surface area contributed by atoms with E-state index in [9.17, 15) is 22.0 Å². The highest BCUT2D eigenvalue weighted by Gasteiger charge is 2.39. The molecule has 9 heteroatoms. The molecule has 2 heterocycles. The van der Waals surface area contributed by atoms with Crippen LogP contribution in [0.2, 0.25) is 0 Å². The minimum absolute atomic E-state index is 0.000242. The lowest BCUT2D eigenvalue weighted by molar-refractivity contribution is -0.136. The first-order chi connectivity index (χ1) is 12.8. The number of hydrogen-bond acceptors (Lipinski definition) is 4. The summed E-state index contributed by atoms with van der Waals surface area (Å²) in [6.07, 6.45) is 5.62. The van der Waals surface area contributed by atoms with Gasteiger partial charge in [0.25, 0.3) is 0 Å². The van der Waals surface area contributed by atoms with Gasteiger partial charge >= 0.3 is 0 Å². The van der Waals surface area contributed by atoms with Crippen LogP contribution in [0.5, 0.6) is 0 Å². The highest BCUT2D eigenvalue weighted by molar-refractivity contribution is 7.91. The van der Waals surface area contributed by atoms with Crippen molar-refractivity contribution < 1.29 is 22.0 Å². The number of nitrogens with zero attached hydrogens (tertiary/aromatic N) is 3. The number of benzene rings is 1. The third-order valence-electron chi connectivity index (χ3n) is 5.58. The molecule has 1 aliphatic carbocycles. The highest BCUT2D eigenvalue weighted by Crippen LogP contribution is 2.29. The Morgan fingerprint density at radius 3 is 2.52 bits per heavy atom. The van der Waals surface area contributed by atoms with Crippen LogP contribution < -0.4 is 0 Å². The standard InChI is InChI=1S/C18H21F2N3O3S/c19-14-7-16-17(8-15(14)20)22(11-21-16)9-18(24)23(12-3-1-2-4-12)13-5-6-27(25,26)10-13/h7-8,11-13H,1-6,9-10H2/t13-/m1/s1. The van der Waals surface area contributed by atoms with Gasteiger partial charge in [0, 0.05) is 24.2 Å². The summed E-state index contributed by atoms with van der Waals surface area (Å²) in [4.78, 5) is 18.9. The van der Waals surface area contributed by atoms with Gasteiger partial charge in [0.05, 0.1) is 28.9 Å². The summed E-state index contributed by atoms with van der Waals surface area (Å²) in [5.74, 6) is -2.08. The molecular weight excluding hydrogens is 376 g/mol. The lowest BCUT2D eigenvalue weighted by atomic mass is 10.1. The Bertz CT molecular complexity index is 983. The molecule has 1 saturated heterocycles. The molecule has 2 fully saturated rings. The van der Waals surface area contributed by atoms with Crippen molar-refractivity contribution in [2.45, 2.75) is 50.7 Å². The van der Waals surface area contributed by atoms with Gasteiger partial charge in [-0.2, -0.15) is 0 Å². The summed E-state index contributed by atoms with van der Waals surface area (Å²) >= 11 is 0. The Hall–Kier alpha value is -2.03. The van der Waals surface area contributed by atoms with Crippen LogP contribution in [0.1, 0.15) is 32.1 Å². The molecule has 1 aliphatic heterocycles. The third kappa shape index (κ3) is 3.56. The molecule has 0 bridgehead atoms. The predicted octanol–water partition coefficient (Wildman–Crippen LogP) is 2.27. The van der Waals surface area contributed by atoms with Crippen molar-refractivity contribution in [2.75, 3.05) is 11.5 Å². The van der Waals surface area contributed by atoms with Gasteiger partial charge in [-0.3, -0.25) is 4.79 Å². The summed E-state index contributed by atoms with van der Waals surface area (Å²) < 4.78 is 52.3. The normalized spacial score (nSPS) is 22.5. The average Bonchev–Trinajstić information content (AvgIpc) is 3.32. The van der Waals surface area contributed by atoms with Crippen LogP contribution >= 0.6 is 0 Å². The number of amides is 1. The minimum atomic E-state index is -3.11. The number of halogens is 2. The van der Waals surface area contributed by atoms with E-state index in [1.165, 1.54) is 10.9 Å². The SMILES string of the molecule is O=C(Cn1cnc2cc(F)c(F)cc21)N(C1CCCC1)[C@@H]1CCS(=O)(=O)C1. The molecule has 146 valence electrons. The van der Waals surface area contributed by atoms with Crippen LogP contribution in [0.25, 0.3) is 11.0 Å². The molecule has 0 spiro atoms. The first kappa shape index (κ1) is 18.3. The Kier molecular flexibility index (Phi) is 4.65. The van der Waals surface area contributed by atoms with Crippen molar-refractivity contribution >= 4 is 26.8 Å². The minimum Gasteiger partial charge on any atom is -0.334 e. The van der Waals surface area contributed by atoms with Crippen molar-refractivity contribution in [3.8, 4) is 0 Å². The van der Waals surface area contributed by atoms with Gasteiger partial charge in [-0.15, -0.1) is 0 Å². The van der Waals surface area contributed by atoms with Crippen LogP contribution in [-0.2, 0) is 21.2 Å². The largest absolute Gasteiger partial charge is 0.334 e. The summed E-state index contributed by atoms with van der Waals surface area (Å²) in [5, 5.41) is 0. The molecule has 2 aromatic rings. The molecular formula is C18H21F2N3O3S. The number of hydrogen-bond donors (Lipinski definition) is 0. The van der Waals surface area contributed by atoms with E-state index in [4.69, 9.17) is 0 Å². The maximum Gasteiger partial charge on any atom is 0.243 e. The molecule has 27 heavy (non-hydrogen) atoms. The molecule has 1 amide bonds. The first-order valence-electron chi connectivity index (χ1n) is 9.15. The van der Waals surface area contributed by atoms with Gasteiger partial charge in [-0.25, -0.2) is 22.2 Å². The zero-order chi connectivity index (χ0) is 19.2. The van der Waals surface area contributed by atoms with E-state index >= 15 is 0 Å². The number of aromatic nitrogens is 2. The zero-order valence-electron chi connectivity index (χ0n) is 14.8. The Morgan fingerprint density at radius 2 is 1.85 bits per heavy atom. The van der Waals surface area contributed by atoms with E-state index in [2.05, 4.69) is 4.98 Å². The molecule has 0 N–H and O–H groups in total. The fourth-order valence-electron chi connectivity index (χ4n) is 4.29.